The van der Waals surface area contributed by atoms with Gasteiger partial charge in [-0.15, -0.1) is 0 Å². The van der Waals surface area contributed by atoms with Crippen molar-refractivity contribution in [3.05, 3.63) is 24.3 Å². The van der Waals surface area contributed by atoms with E-state index in [2.05, 4.69) is 5.32 Å². The summed E-state index contributed by atoms with van der Waals surface area (Å²) in [4.78, 5) is 11.3. The molecule has 0 bridgehead atoms. The van der Waals surface area contributed by atoms with Gasteiger partial charge < -0.3 is 15.8 Å². The third kappa shape index (κ3) is 3.50. The Morgan fingerprint density at radius 1 is 1.47 bits per heavy atom. The number of esters is 1. The van der Waals surface area contributed by atoms with Gasteiger partial charge in [-0.2, -0.15) is 0 Å². The molecule has 0 spiro atoms. The van der Waals surface area contributed by atoms with Crippen molar-refractivity contribution < 1.29 is 9.53 Å². The SMILES string of the molecule is CCOC(=O)C(C)Nc1ccc(N)cc1. The average Bonchev–Trinajstić information content (AvgIpc) is 2.22. The third-order valence-corrected chi connectivity index (χ3v) is 1.93. The number of ether oxygens (including phenoxy) is 1. The molecule has 4 heteroatoms. The van der Waals surface area contributed by atoms with Crippen molar-refractivity contribution in [2.45, 2.75) is 19.9 Å². The molecule has 0 saturated heterocycles. The first-order valence-electron chi connectivity index (χ1n) is 4.92. The van der Waals surface area contributed by atoms with Gasteiger partial charge in [0.1, 0.15) is 6.04 Å². The van der Waals surface area contributed by atoms with Gasteiger partial charge >= 0.3 is 5.97 Å². The molecule has 0 amide bonds. The summed E-state index contributed by atoms with van der Waals surface area (Å²) in [6.45, 7) is 3.94. The maximum atomic E-state index is 11.3. The highest BCUT2D eigenvalue weighted by Gasteiger charge is 2.12. The fourth-order valence-corrected chi connectivity index (χ4v) is 1.16. The Bertz CT molecular complexity index is 322. The van der Waals surface area contributed by atoms with E-state index in [1.54, 1.807) is 26.0 Å². The van der Waals surface area contributed by atoms with E-state index < -0.39 is 0 Å². The zero-order chi connectivity index (χ0) is 11.3. The quantitative estimate of drug-likeness (QED) is 0.583. The molecule has 15 heavy (non-hydrogen) atoms. The summed E-state index contributed by atoms with van der Waals surface area (Å²) in [6, 6.07) is 6.85. The van der Waals surface area contributed by atoms with Crippen molar-refractivity contribution in [2.75, 3.05) is 17.7 Å². The summed E-state index contributed by atoms with van der Waals surface area (Å²) in [7, 11) is 0. The van der Waals surface area contributed by atoms with Crippen LogP contribution in [-0.4, -0.2) is 18.6 Å². The Morgan fingerprint density at radius 3 is 2.60 bits per heavy atom. The van der Waals surface area contributed by atoms with Crippen molar-refractivity contribution in [1.29, 1.82) is 0 Å². The molecule has 1 aromatic rings. The van der Waals surface area contributed by atoms with Gasteiger partial charge in [-0.25, -0.2) is 4.79 Å². The lowest BCUT2D eigenvalue weighted by Crippen LogP contribution is -2.28. The molecule has 0 heterocycles. The maximum absolute atomic E-state index is 11.3. The van der Waals surface area contributed by atoms with E-state index in [4.69, 9.17) is 10.5 Å². The van der Waals surface area contributed by atoms with Crippen LogP contribution in [0.5, 0.6) is 0 Å². The summed E-state index contributed by atoms with van der Waals surface area (Å²) < 4.78 is 4.87. The standard InChI is InChI=1S/C11H16N2O2/c1-3-15-11(14)8(2)13-10-6-4-9(12)5-7-10/h4-8,13H,3,12H2,1-2H3. The van der Waals surface area contributed by atoms with Crippen LogP contribution in [0.15, 0.2) is 24.3 Å². The van der Waals surface area contributed by atoms with Gasteiger partial charge in [0.15, 0.2) is 0 Å². The van der Waals surface area contributed by atoms with Crippen LogP contribution in [0.25, 0.3) is 0 Å². The van der Waals surface area contributed by atoms with Gasteiger partial charge in [0.25, 0.3) is 0 Å². The molecule has 82 valence electrons. The molecule has 4 nitrogen and oxygen atoms in total. The fourth-order valence-electron chi connectivity index (χ4n) is 1.16. The van der Waals surface area contributed by atoms with Crippen LogP contribution < -0.4 is 11.1 Å². The Hall–Kier alpha value is -1.71. The normalized spacial score (nSPS) is 11.9. The number of nitrogens with two attached hydrogens (primary N) is 1. The molecule has 0 aliphatic heterocycles. The van der Waals surface area contributed by atoms with Crippen molar-refractivity contribution in [2.24, 2.45) is 0 Å². The second-order valence-electron chi connectivity index (χ2n) is 3.24. The number of hydrogen-bond donors (Lipinski definition) is 2. The molecule has 0 fully saturated rings. The smallest absolute Gasteiger partial charge is 0.328 e. The van der Waals surface area contributed by atoms with Gasteiger partial charge in [-0.3, -0.25) is 0 Å². The lowest BCUT2D eigenvalue weighted by molar-refractivity contribution is -0.143. The van der Waals surface area contributed by atoms with Crippen molar-refractivity contribution in [1.82, 2.24) is 0 Å². The monoisotopic (exact) mass is 208 g/mol. The van der Waals surface area contributed by atoms with Crippen LogP contribution in [0.4, 0.5) is 11.4 Å². The summed E-state index contributed by atoms with van der Waals surface area (Å²) in [6.07, 6.45) is 0. The molecule has 0 aliphatic carbocycles. The lowest BCUT2D eigenvalue weighted by atomic mass is 10.2. The molecular formula is C11H16N2O2. The predicted molar refractivity (Wildman–Crippen MR) is 60.6 cm³/mol. The van der Waals surface area contributed by atoms with Crippen molar-refractivity contribution in [3.63, 3.8) is 0 Å². The summed E-state index contributed by atoms with van der Waals surface area (Å²) in [5.74, 6) is -0.255. The largest absolute Gasteiger partial charge is 0.464 e. The number of carbonyl (C=O) groups is 1. The second-order valence-corrected chi connectivity index (χ2v) is 3.24. The molecule has 1 atom stereocenters. The molecule has 0 saturated carbocycles. The first-order valence-corrected chi connectivity index (χ1v) is 4.92. The fraction of sp³-hybridized carbons (Fsp3) is 0.364. The van der Waals surface area contributed by atoms with E-state index in [1.165, 1.54) is 0 Å². The maximum Gasteiger partial charge on any atom is 0.328 e. The molecule has 3 N–H and O–H groups in total. The van der Waals surface area contributed by atoms with Crippen LogP contribution in [-0.2, 0) is 9.53 Å². The van der Waals surface area contributed by atoms with Crippen LogP contribution >= 0.6 is 0 Å². The summed E-state index contributed by atoms with van der Waals surface area (Å²) >= 11 is 0. The summed E-state index contributed by atoms with van der Waals surface area (Å²) in [5, 5.41) is 3.02. The number of nitrogen functional groups attached to an aromatic ring is 1. The van der Waals surface area contributed by atoms with Crippen LogP contribution in [0, 0.1) is 0 Å². The molecule has 0 radical (unpaired) electrons. The zero-order valence-electron chi connectivity index (χ0n) is 8.99. The molecule has 1 rings (SSSR count). The molecule has 1 aromatic carbocycles. The number of rotatable bonds is 4. The second kappa shape index (κ2) is 5.24. The zero-order valence-corrected chi connectivity index (χ0v) is 8.99. The lowest BCUT2D eigenvalue weighted by Gasteiger charge is -2.13. The Kier molecular flexibility index (Phi) is 3.97. The highest BCUT2D eigenvalue weighted by atomic mass is 16.5. The molecule has 0 aromatic heterocycles. The third-order valence-electron chi connectivity index (χ3n) is 1.93. The van der Waals surface area contributed by atoms with Gasteiger partial charge in [0.05, 0.1) is 6.61 Å². The molecule has 1 unspecified atom stereocenters. The van der Waals surface area contributed by atoms with E-state index in [0.29, 0.717) is 12.3 Å². The number of carbonyl (C=O) groups excluding carboxylic acids is 1. The number of nitrogens with one attached hydrogen (secondary N) is 1. The topological polar surface area (TPSA) is 64.3 Å². The average molecular weight is 208 g/mol. The van der Waals surface area contributed by atoms with E-state index >= 15 is 0 Å². The highest BCUT2D eigenvalue weighted by molar-refractivity contribution is 5.78. The molecular weight excluding hydrogens is 192 g/mol. The van der Waals surface area contributed by atoms with Crippen LogP contribution in [0.3, 0.4) is 0 Å². The Morgan fingerprint density at radius 2 is 2.07 bits per heavy atom. The van der Waals surface area contributed by atoms with E-state index in [9.17, 15) is 4.79 Å². The van der Waals surface area contributed by atoms with E-state index in [-0.39, 0.29) is 12.0 Å². The van der Waals surface area contributed by atoms with Crippen LogP contribution in [0.2, 0.25) is 0 Å². The highest BCUT2D eigenvalue weighted by Crippen LogP contribution is 2.11. The Balaban J connectivity index is 2.54. The minimum atomic E-state index is -0.353. The van der Waals surface area contributed by atoms with Crippen LogP contribution in [0.1, 0.15) is 13.8 Å². The minimum Gasteiger partial charge on any atom is -0.464 e. The number of hydrogen-bond acceptors (Lipinski definition) is 4. The predicted octanol–water partition coefficient (Wildman–Crippen LogP) is 1.63. The van der Waals surface area contributed by atoms with Gasteiger partial charge in [0, 0.05) is 11.4 Å². The van der Waals surface area contributed by atoms with Gasteiger partial charge in [0.2, 0.25) is 0 Å². The number of anilines is 2. The van der Waals surface area contributed by atoms with E-state index in [1.807, 2.05) is 12.1 Å². The van der Waals surface area contributed by atoms with E-state index in [0.717, 1.165) is 5.69 Å². The minimum absolute atomic E-state index is 0.255. The van der Waals surface area contributed by atoms with Crippen molar-refractivity contribution >= 4 is 17.3 Å². The van der Waals surface area contributed by atoms with Gasteiger partial charge in [-0.05, 0) is 38.1 Å². The van der Waals surface area contributed by atoms with Gasteiger partial charge in [-0.1, -0.05) is 0 Å². The Labute approximate surface area is 89.4 Å². The molecule has 0 aliphatic rings. The van der Waals surface area contributed by atoms with Crippen molar-refractivity contribution in [3.8, 4) is 0 Å². The summed E-state index contributed by atoms with van der Waals surface area (Å²) in [5.41, 5.74) is 7.10. The first kappa shape index (κ1) is 11.4. The first-order chi connectivity index (χ1) is 7.13. The number of benzene rings is 1.